The average Bonchev–Trinajstić information content (AvgIpc) is 2.21. The van der Waals surface area contributed by atoms with Gasteiger partial charge >= 0.3 is 0 Å². The molecule has 1 atom stereocenters. The number of hydrogen-bond donors (Lipinski definition) is 1. The van der Waals surface area contributed by atoms with Gasteiger partial charge in [0.15, 0.2) is 0 Å². The van der Waals surface area contributed by atoms with Crippen molar-refractivity contribution >= 4 is 11.6 Å². The van der Waals surface area contributed by atoms with Crippen molar-refractivity contribution in [2.45, 2.75) is 39.7 Å². The summed E-state index contributed by atoms with van der Waals surface area (Å²) >= 11 is 6.00. The van der Waals surface area contributed by atoms with Crippen LogP contribution in [-0.2, 0) is 6.42 Å². The lowest BCUT2D eigenvalue weighted by molar-refractivity contribution is 0.476. The Balaban J connectivity index is 2.42. The van der Waals surface area contributed by atoms with Crippen molar-refractivity contribution in [3.8, 4) is 0 Å². The maximum atomic E-state index is 12.9. The van der Waals surface area contributed by atoms with E-state index in [0.717, 1.165) is 24.9 Å². The number of rotatable bonds is 6. The van der Waals surface area contributed by atoms with Gasteiger partial charge in [0.05, 0.1) is 0 Å². The van der Waals surface area contributed by atoms with Crippen LogP contribution in [0, 0.1) is 11.7 Å². The Kier molecular flexibility index (Phi) is 5.93. The van der Waals surface area contributed by atoms with Gasteiger partial charge in [-0.2, -0.15) is 0 Å². The molecule has 3 heteroatoms. The largest absolute Gasteiger partial charge is 0.315 e. The van der Waals surface area contributed by atoms with E-state index < -0.39 is 0 Å². The molecule has 0 amide bonds. The van der Waals surface area contributed by atoms with E-state index in [-0.39, 0.29) is 5.82 Å². The van der Waals surface area contributed by atoms with Gasteiger partial charge in [-0.15, -0.1) is 0 Å². The highest BCUT2D eigenvalue weighted by atomic mass is 35.5. The van der Waals surface area contributed by atoms with Crippen molar-refractivity contribution in [3.05, 3.63) is 34.6 Å². The summed E-state index contributed by atoms with van der Waals surface area (Å²) in [5.41, 5.74) is 1.03. The third kappa shape index (κ3) is 5.51. The molecule has 17 heavy (non-hydrogen) atoms. The third-order valence-corrected chi connectivity index (χ3v) is 3.13. The molecule has 0 aliphatic rings. The van der Waals surface area contributed by atoms with Gasteiger partial charge in [-0.25, -0.2) is 4.39 Å². The Hall–Kier alpha value is -0.600. The maximum absolute atomic E-state index is 12.9. The second-order valence-electron chi connectivity index (χ2n) is 4.94. The van der Waals surface area contributed by atoms with Crippen LogP contribution in [0.25, 0.3) is 0 Å². The molecule has 1 aromatic carbocycles. The molecule has 0 aliphatic carbocycles. The van der Waals surface area contributed by atoms with Crippen LogP contribution in [0.4, 0.5) is 4.39 Å². The molecular weight excluding hydrogens is 237 g/mol. The van der Waals surface area contributed by atoms with Crippen LogP contribution in [0.15, 0.2) is 18.2 Å². The highest BCUT2D eigenvalue weighted by Crippen LogP contribution is 2.21. The van der Waals surface area contributed by atoms with E-state index in [1.807, 2.05) is 0 Å². The molecule has 1 unspecified atom stereocenters. The number of hydrogen-bond acceptors (Lipinski definition) is 1. The van der Waals surface area contributed by atoms with E-state index in [4.69, 9.17) is 11.6 Å². The lowest BCUT2D eigenvalue weighted by atomic mass is 9.98. The predicted molar refractivity (Wildman–Crippen MR) is 72.0 cm³/mol. The smallest absolute Gasteiger partial charge is 0.124 e. The van der Waals surface area contributed by atoms with Crippen molar-refractivity contribution in [3.63, 3.8) is 0 Å². The van der Waals surface area contributed by atoms with E-state index in [1.165, 1.54) is 12.1 Å². The minimum absolute atomic E-state index is 0.270. The van der Waals surface area contributed by atoms with E-state index in [0.29, 0.717) is 17.0 Å². The van der Waals surface area contributed by atoms with Crippen molar-refractivity contribution < 1.29 is 4.39 Å². The fourth-order valence-corrected chi connectivity index (χ4v) is 2.03. The molecule has 1 nitrogen and oxygen atoms in total. The standard InChI is InChI=1S/C14H21ClFN/c1-10(2)17-7-6-11(3)8-12-4-5-13(16)9-14(12)15/h4-5,9-11,17H,6-8H2,1-3H3. The van der Waals surface area contributed by atoms with Crippen LogP contribution < -0.4 is 5.32 Å². The summed E-state index contributed by atoms with van der Waals surface area (Å²) in [5, 5.41) is 3.93. The fraction of sp³-hybridized carbons (Fsp3) is 0.571. The monoisotopic (exact) mass is 257 g/mol. The Labute approximate surface area is 108 Å². The Morgan fingerprint density at radius 2 is 2.00 bits per heavy atom. The molecule has 1 rings (SSSR count). The molecule has 0 radical (unpaired) electrons. The first-order valence-electron chi connectivity index (χ1n) is 6.16. The van der Waals surface area contributed by atoms with Gasteiger partial charge in [-0.3, -0.25) is 0 Å². The molecule has 1 N–H and O–H groups in total. The topological polar surface area (TPSA) is 12.0 Å². The van der Waals surface area contributed by atoms with E-state index in [2.05, 4.69) is 26.1 Å². The molecule has 0 heterocycles. The van der Waals surface area contributed by atoms with E-state index in [1.54, 1.807) is 6.07 Å². The summed E-state index contributed by atoms with van der Waals surface area (Å²) in [6.45, 7) is 7.49. The third-order valence-electron chi connectivity index (χ3n) is 2.77. The molecule has 0 saturated heterocycles. The first-order chi connectivity index (χ1) is 7.99. The summed E-state index contributed by atoms with van der Waals surface area (Å²) in [6, 6.07) is 5.16. The van der Waals surface area contributed by atoms with E-state index >= 15 is 0 Å². The first-order valence-corrected chi connectivity index (χ1v) is 6.54. The minimum atomic E-state index is -0.270. The van der Waals surface area contributed by atoms with Gasteiger partial charge in [-0.05, 0) is 43.0 Å². The summed E-state index contributed by atoms with van der Waals surface area (Å²) < 4.78 is 12.9. The summed E-state index contributed by atoms with van der Waals surface area (Å²) in [7, 11) is 0. The SMILES string of the molecule is CC(CCNC(C)C)Cc1ccc(F)cc1Cl. The summed E-state index contributed by atoms with van der Waals surface area (Å²) in [5.74, 6) is 0.275. The Bertz CT molecular complexity index is 352. The highest BCUT2D eigenvalue weighted by Gasteiger charge is 2.08. The quantitative estimate of drug-likeness (QED) is 0.811. The zero-order valence-electron chi connectivity index (χ0n) is 10.8. The molecule has 0 aromatic heterocycles. The average molecular weight is 258 g/mol. The van der Waals surface area contributed by atoms with Gasteiger partial charge < -0.3 is 5.32 Å². The molecular formula is C14H21ClFN. The van der Waals surface area contributed by atoms with Crippen molar-refractivity contribution in [1.29, 1.82) is 0 Å². The van der Waals surface area contributed by atoms with Gasteiger partial charge in [0.1, 0.15) is 5.82 Å². The molecule has 0 saturated carbocycles. The second kappa shape index (κ2) is 6.97. The van der Waals surface area contributed by atoms with Crippen LogP contribution in [0.5, 0.6) is 0 Å². The van der Waals surface area contributed by atoms with Crippen LogP contribution in [0.3, 0.4) is 0 Å². The van der Waals surface area contributed by atoms with Crippen LogP contribution in [-0.4, -0.2) is 12.6 Å². The lowest BCUT2D eigenvalue weighted by Crippen LogP contribution is -2.25. The van der Waals surface area contributed by atoms with E-state index in [9.17, 15) is 4.39 Å². The Morgan fingerprint density at radius 3 is 2.59 bits per heavy atom. The first kappa shape index (κ1) is 14.5. The maximum Gasteiger partial charge on any atom is 0.124 e. The summed E-state index contributed by atoms with van der Waals surface area (Å²) in [6.07, 6.45) is 2.00. The molecule has 96 valence electrons. The molecule has 0 spiro atoms. The Morgan fingerprint density at radius 1 is 1.29 bits per heavy atom. The van der Waals surface area contributed by atoms with Gasteiger partial charge in [-0.1, -0.05) is 38.4 Å². The van der Waals surface area contributed by atoms with Crippen molar-refractivity contribution in [2.75, 3.05) is 6.54 Å². The number of halogens is 2. The number of benzene rings is 1. The fourth-order valence-electron chi connectivity index (χ4n) is 1.78. The molecule has 1 aromatic rings. The number of nitrogens with one attached hydrogen (secondary N) is 1. The van der Waals surface area contributed by atoms with Gasteiger partial charge in [0, 0.05) is 11.1 Å². The zero-order valence-corrected chi connectivity index (χ0v) is 11.5. The predicted octanol–water partition coefficient (Wildman–Crippen LogP) is 4.05. The normalized spacial score (nSPS) is 13.1. The van der Waals surface area contributed by atoms with Gasteiger partial charge in [0.25, 0.3) is 0 Å². The zero-order chi connectivity index (χ0) is 12.8. The molecule has 0 bridgehead atoms. The molecule has 0 aliphatic heterocycles. The van der Waals surface area contributed by atoms with Crippen LogP contribution >= 0.6 is 11.6 Å². The highest BCUT2D eigenvalue weighted by molar-refractivity contribution is 6.31. The second-order valence-corrected chi connectivity index (χ2v) is 5.35. The minimum Gasteiger partial charge on any atom is -0.315 e. The van der Waals surface area contributed by atoms with Crippen molar-refractivity contribution in [2.24, 2.45) is 5.92 Å². The van der Waals surface area contributed by atoms with Crippen molar-refractivity contribution in [1.82, 2.24) is 5.32 Å². The summed E-state index contributed by atoms with van der Waals surface area (Å²) in [4.78, 5) is 0. The lowest BCUT2D eigenvalue weighted by Gasteiger charge is -2.14. The van der Waals surface area contributed by atoms with Crippen LogP contribution in [0.2, 0.25) is 5.02 Å². The van der Waals surface area contributed by atoms with Gasteiger partial charge in [0.2, 0.25) is 0 Å². The molecule has 0 fully saturated rings. The van der Waals surface area contributed by atoms with Crippen LogP contribution in [0.1, 0.15) is 32.8 Å².